The highest BCUT2D eigenvalue weighted by atomic mass is 16.6. The molecule has 1 aromatic rings. The lowest BCUT2D eigenvalue weighted by Gasteiger charge is -2.19. The van der Waals surface area contributed by atoms with E-state index >= 15 is 0 Å². The summed E-state index contributed by atoms with van der Waals surface area (Å²) in [5.74, 6) is -0.0227. The molecular formula is C15H19NO3. The molecule has 0 unspecified atom stereocenters. The minimum atomic E-state index is -0.532. The van der Waals surface area contributed by atoms with Gasteiger partial charge in [0, 0.05) is 5.69 Å². The molecular weight excluding hydrogens is 242 g/mol. The molecule has 4 nitrogen and oxygen atoms in total. The van der Waals surface area contributed by atoms with Crippen LogP contribution in [0.5, 0.6) is 0 Å². The monoisotopic (exact) mass is 261 g/mol. The van der Waals surface area contributed by atoms with Crippen LogP contribution in [0.25, 0.3) is 6.08 Å². The van der Waals surface area contributed by atoms with Gasteiger partial charge in [0.1, 0.15) is 5.60 Å². The van der Waals surface area contributed by atoms with Crippen LogP contribution in [0, 0.1) is 0 Å². The first kappa shape index (κ1) is 15.0. The van der Waals surface area contributed by atoms with E-state index in [1.165, 1.54) is 13.0 Å². The van der Waals surface area contributed by atoms with Gasteiger partial charge < -0.3 is 4.74 Å². The number of amides is 1. The molecule has 0 aromatic heterocycles. The van der Waals surface area contributed by atoms with Crippen LogP contribution in [-0.4, -0.2) is 17.5 Å². The summed E-state index contributed by atoms with van der Waals surface area (Å²) in [6.07, 6.45) is 2.68. The van der Waals surface area contributed by atoms with E-state index in [0.717, 1.165) is 5.56 Å². The van der Waals surface area contributed by atoms with Gasteiger partial charge in [0.05, 0.1) is 0 Å². The Morgan fingerprint density at radius 2 is 1.95 bits per heavy atom. The Bertz CT molecular complexity index is 498. The first-order valence-corrected chi connectivity index (χ1v) is 6.05. The standard InChI is InChI=1S/C15H19NO3/c1-11(17)8-9-12-6-5-7-13(10-12)16-14(18)19-15(2,3)4/h5-10H,1-4H3,(H,16,18)/b9-8+. The summed E-state index contributed by atoms with van der Waals surface area (Å²) in [6.45, 7) is 6.90. The van der Waals surface area contributed by atoms with Crippen LogP contribution < -0.4 is 5.32 Å². The fraction of sp³-hybridized carbons (Fsp3) is 0.333. The summed E-state index contributed by atoms with van der Waals surface area (Å²) in [5.41, 5.74) is 0.930. The molecule has 0 aliphatic rings. The molecule has 0 heterocycles. The fourth-order valence-electron chi connectivity index (χ4n) is 1.36. The van der Waals surface area contributed by atoms with Crippen molar-refractivity contribution in [2.24, 2.45) is 0 Å². The van der Waals surface area contributed by atoms with E-state index < -0.39 is 11.7 Å². The predicted molar refractivity (Wildman–Crippen MR) is 76.0 cm³/mol. The minimum Gasteiger partial charge on any atom is -0.444 e. The van der Waals surface area contributed by atoms with Gasteiger partial charge in [0.2, 0.25) is 0 Å². The molecule has 0 radical (unpaired) electrons. The first-order valence-electron chi connectivity index (χ1n) is 6.05. The van der Waals surface area contributed by atoms with Crippen LogP contribution in [0.2, 0.25) is 0 Å². The molecule has 0 bridgehead atoms. The number of anilines is 1. The number of nitrogens with one attached hydrogen (secondary N) is 1. The van der Waals surface area contributed by atoms with Crippen molar-refractivity contribution in [2.75, 3.05) is 5.32 Å². The van der Waals surface area contributed by atoms with Crippen LogP contribution in [0.1, 0.15) is 33.3 Å². The predicted octanol–water partition coefficient (Wildman–Crippen LogP) is 3.64. The van der Waals surface area contributed by atoms with Gasteiger partial charge in [-0.1, -0.05) is 18.2 Å². The van der Waals surface area contributed by atoms with Crippen molar-refractivity contribution < 1.29 is 14.3 Å². The third-order valence-corrected chi connectivity index (χ3v) is 2.04. The number of benzene rings is 1. The van der Waals surface area contributed by atoms with Gasteiger partial charge in [0.15, 0.2) is 5.78 Å². The van der Waals surface area contributed by atoms with Crippen molar-refractivity contribution in [1.29, 1.82) is 0 Å². The highest BCUT2D eigenvalue weighted by Crippen LogP contribution is 2.14. The highest BCUT2D eigenvalue weighted by molar-refractivity contribution is 5.92. The Morgan fingerprint density at radius 3 is 2.53 bits per heavy atom. The SMILES string of the molecule is CC(=O)/C=C/c1cccc(NC(=O)OC(C)(C)C)c1. The van der Waals surface area contributed by atoms with E-state index in [2.05, 4.69) is 5.32 Å². The number of ketones is 1. The minimum absolute atomic E-state index is 0.0227. The number of carbonyl (C=O) groups excluding carboxylic acids is 2. The van der Waals surface area contributed by atoms with Gasteiger partial charge in [-0.25, -0.2) is 4.79 Å². The van der Waals surface area contributed by atoms with Gasteiger partial charge in [-0.15, -0.1) is 0 Å². The average Bonchev–Trinajstić information content (AvgIpc) is 2.24. The van der Waals surface area contributed by atoms with E-state index in [0.29, 0.717) is 5.69 Å². The van der Waals surface area contributed by atoms with E-state index in [1.807, 2.05) is 6.07 Å². The lowest BCUT2D eigenvalue weighted by molar-refractivity contribution is -0.112. The zero-order chi connectivity index (χ0) is 14.5. The Balaban J connectivity index is 2.72. The summed E-state index contributed by atoms with van der Waals surface area (Å²) in [4.78, 5) is 22.5. The number of hydrogen-bond donors (Lipinski definition) is 1. The highest BCUT2D eigenvalue weighted by Gasteiger charge is 2.15. The molecule has 1 rings (SSSR count). The number of carbonyl (C=O) groups is 2. The van der Waals surface area contributed by atoms with Gasteiger partial charge >= 0.3 is 6.09 Å². The molecule has 1 amide bonds. The first-order chi connectivity index (χ1) is 8.76. The Hall–Kier alpha value is -2.10. The quantitative estimate of drug-likeness (QED) is 0.845. The molecule has 0 saturated carbocycles. The molecule has 19 heavy (non-hydrogen) atoms. The van der Waals surface area contributed by atoms with Crippen LogP contribution >= 0.6 is 0 Å². The van der Waals surface area contributed by atoms with Crippen molar-refractivity contribution in [3.8, 4) is 0 Å². The van der Waals surface area contributed by atoms with Gasteiger partial charge in [-0.05, 0) is 51.5 Å². The zero-order valence-corrected chi connectivity index (χ0v) is 11.7. The van der Waals surface area contributed by atoms with Gasteiger partial charge in [0.25, 0.3) is 0 Å². The lowest BCUT2D eigenvalue weighted by atomic mass is 10.2. The largest absolute Gasteiger partial charge is 0.444 e. The Morgan fingerprint density at radius 1 is 1.26 bits per heavy atom. The van der Waals surface area contributed by atoms with Gasteiger partial charge in [-0.3, -0.25) is 10.1 Å². The molecule has 0 aliphatic heterocycles. The molecule has 0 fully saturated rings. The van der Waals surface area contributed by atoms with Crippen molar-refractivity contribution >= 4 is 23.6 Å². The van der Waals surface area contributed by atoms with E-state index in [1.54, 1.807) is 45.0 Å². The molecule has 0 atom stereocenters. The second-order valence-electron chi connectivity index (χ2n) is 5.20. The molecule has 0 spiro atoms. The third-order valence-electron chi connectivity index (χ3n) is 2.04. The van der Waals surface area contributed by atoms with Crippen molar-refractivity contribution in [3.05, 3.63) is 35.9 Å². The molecule has 1 aromatic carbocycles. The van der Waals surface area contributed by atoms with Crippen LogP contribution in [0.4, 0.5) is 10.5 Å². The maximum Gasteiger partial charge on any atom is 0.412 e. The number of ether oxygens (including phenoxy) is 1. The maximum absolute atomic E-state index is 11.6. The van der Waals surface area contributed by atoms with Crippen LogP contribution in [0.15, 0.2) is 30.3 Å². The lowest BCUT2D eigenvalue weighted by Crippen LogP contribution is -2.27. The topological polar surface area (TPSA) is 55.4 Å². The maximum atomic E-state index is 11.6. The molecule has 102 valence electrons. The molecule has 4 heteroatoms. The third kappa shape index (κ3) is 6.41. The van der Waals surface area contributed by atoms with E-state index in [-0.39, 0.29) is 5.78 Å². The fourth-order valence-corrected chi connectivity index (χ4v) is 1.36. The van der Waals surface area contributed by atoms with Crippen LogP contribution in [0.3, 0.4) is 0 Å². The molecule has 1 N–H and O–H groups in total. The van der Waals surface area contributed by atoms with E-state index in [4.69, 9.17) is 4.74 Å². The normalized spacial score (nSPS) is 11.4. The molecule has 0 aliphatic carbocycles. The summed E-state index contributed by atoms with van der Waals surface area (Å²) in [5, 5.41) is 2.65. The Labute approximate surface area is 113 Å². The number of allylic oxidation sites excluding steroid dienone is 1. The smallest absolute Gasteiger partial charge is 0.412 e. The average molecular weight is 261 g/mol. The van der Waals surface area contributed by atoms with Gasteiger partial charge in [-0.2, -0.15) is 0 Å². The number of rotatable bonds is 3. The van der Waals surface area contributed by atoms with Crippen molar-refractivity contribution in [2.45, 2.75) is 33.3 Å². The van der Waals surface area contributed by atoms with Crippen LogP contribution in [-0.2, 0) is 9.53 Å². The summed E-state index contributed by atoms with van der Waals surface area (Å²) in [6, 6.07) is 7.17. The second-order valence-corrected chi connectivity index (χ2v) is 5.20. The summed E-state index contributed by atoms with van der Waals surface area (Å²) < 4.78 is 5.16. The summed E-state index contributed by atoms with van der Waals surface area (Å²) >= 11 is 0. The van der Waals surface area contributed by atoms with Crippen molar-refractivity contribution in [1.82, 2.24) is 0 Å². The second kappa shape index (κ2) is 6.18. The molecule has 0 saturated heterocycles. The van der Waals surface area contributed by atoms with Crippen molar-refractivity contribution in [3.63, 3.8) is 0 Å². The summed E-state index contributed by atoms with van der Waals surface area (Å²) in [7, 11) is 0. The zero-order valence-electron chi connectivity index (χ0n) is 11.7. The van der Waals surface area contributed by atoms with E-state index in [9.17, 15) is 9.59 Å². The number of hydrogen-bond acceptors (Lipinski definition) is 3. The Kier molecular flexibility index (Phi) is 4.87.